The molecule has 0 aromatic heterocycles. The molecule has 1 N–H and O–H groups in total. The third-order valence-corrected chi connectivity index (χ3v) is 2.79. The van der Waals surface area contributed by atoms with Crippen LogP contribution in [0.15, 0.2) is 0 Å². The Morgan fingerprint density at radius 1 is 1.38 bits per heavy atom. The minimum atomic E-state index is 0.527. The number of hydrogen-bond donors (Lipinski definition) is 1. The van der Waals surface area contributed by atoms with Crippen molar-refractivity contribution >= 4 is 0 Å². The highest BCUT2D eigenvalue weighted by Gasteiger charge is 2.27. The Hall–Kier alpha value is -0.120. The van der Waals surface area contributed by atoms with E-state index in [4.69, 9.17) is 0 Å². The molecular weight excluding hydrogens is 164 g/mol. The number of nitrogens with zero attached hydrogens (tertiary/aromatic N) is 2. The summed E-state index contributed by atoms with van der Waals surface area (Å²) in [5, 5.41) is 10.9. The molecule has 0 radical (unpaired) electrons. The van der Waals surface area contributed by atoms with Crippen molar-refractivity contribution < 1.29 is 5.21 Å². The molecule has 0 aromatic carbocycles. The molecule has 0 spiro atoms. The molecule has 0 aliphatic carbocycles. The highest BCUT2D eigenvalue weighted by molar-refractivity contribution is 4.81. The van der Waals surface area contributed by atoms with Gasteiger partial charge in [-0.15, -0.1) is 0 Å². The van der Waals surface area contributed by atoms with E-state index < -0.39 is 0 Å². The van der Waals surface area contributed by atoms with Gasteiger partial charge in [0.25, 0.3) is 0 Å². The molecule has 3 nitrogen and oxygen atoms in total. The predicted molar refractivity (Wildman–Crippen MR) is 53.8 cm³/mol. The molecule has 1 aliphatic rings. The fourth-order valence-corrected chi connectivity index (χ4v) is 2.03. The van der Waals surface area contributed by atoms with E-state index in [1.54, 1.807) is 0 Å². The lowest BCUT2D eigenvalue weighted by Gasteiger charge is -2.41. The van der Waals surface area contributed by atoms with Crippen molar-refractivity contribution in [2.24, 2.45) is 5.92 Å². The molecule has 0 amide bonds. The largest absolute Gasteiger partial charge is 0.314 e. The fourth-order valence-electron chi connectivity index (χ4n) is 2.03. The zero-order chi connectivity index (χ0) is 9.84. The molecule has 1 rings (SSSR count). The molecule has 1 fully saturated rings. The summed E-state index contributed by atoms with van der Waals surface area (Å²) >= 11 is 0. The van der Waals surface area contributed by atoms with E-state index >= 15 is 0 Å². The first-order valence-corrected chi connectivity index (χ1v) is 5.33. The van der Waals surface area contributed by atoms with E-state index in [0.29, 0.717) is 12.0 Å². The minimum Gasteiger partial charge on any atom is -0.314 e. The second-order valence-corrected chi connectivity index (χ2v) is 4.26. The maximum Gasteiger partial charge on any atom is 0.0397 e. The number of hydroxylamine groups is 2. The summed E-state index contributed by atoms with van der Waals surface area (Å²) in [5.41, 5.74) is 0. The smallest absolute Gasteiger partial charge is 0.0397 e. The molecule has 0 bridgehead atoms. The van der Waals surface area contributed by atoms with Gasteiger partial charge in [0.2, 0.25) is 0 Å². The topological polar surface area (TPSA) is 26.7 Å². The molecular formula is C10H22N2O. The van der Waals surface area contributed by atoms with Crippen LogP contribution in [0.2, 0.25) is 0 Å². The van der Waals surface area contributed by atoms with Crippen LogP contribution in [0.5, 0.6) is 0 Å². The van der Waals surface area contributed by atoms with Gasteiger partial charge in [-0.25, -0.2) is 0 Å². The van der Waals surface area contributed by atoms with Crippen LogP contribution < -0.4 is 0 Å². The predicted octanol–water partition coefficient (Wildman–Crippen LogP) is 1.43. The Morgan fingerprint density at radius 3 is 2.62 bits per heavy atom. The minimum absolute atomic E-state index is 0.527. The van der Waals surface area contributed by atoms with Gasteiger partial charge in [-0.2, -0.15) is 5.06 Å². The standard InChI is InChI=1S/C10H22N2O/c1-4-5-11-6-7-12(13)8-10(11)9(2)3/h9-10,13H,4-8H2,1-3H3. The summed E-state index contributed by atoms with van der Waals surface area (Å²) in [5.74, 6) is 0.626. The normalized spacial score (nSPS) is 27.0. The van der Waals surface area contributed by atoms with Crippen molar-refractivity contribution in [3.05, 3.63) is 0 Å². The molecule has 78 valence electrons. The van der Waals surface area contributed by atoms with E-state index in [1.165, 1.54) is 11.5 Å². The van der Waals surface area contributed by atoms with Gasteiger partial charge in [-0.1, -0.05) is 20.8 Å². The van der Waals surface area contributed by atoms with Gasteiger partial charge in [0.05, 0.1) is 0 Å². The Balaban J connectivity index is 2.50. The summed E-state index contributed by atoms with van der Waals surface area (Å²) in [6, 6.07) is 0.527. The number of hydrogen-bond acceptors (Lipinski definition) is 3. The second kappa shape index (κ2) is 4.94. The quantitative estimate of drug-likeness (QED) is 0.722. The average Bonchev–Trinajstić information content (AvgIpc) is 2.08. The van der Waals surface area contributed by atoms with Crippen LogP contribution in [-0.4, -0.2) is 47.4 Å². The lowest BCUT2D eigenvalue weighted by Crippen LogP contribution is -2.54. The highest BCUT2D eigenvalue weighted by atomic mass is 16.5. The van der Waals surface area contributed by atoms with E-state index in [-0.39, 0.29) is 0 Å². The highest BCUT2D eigenvalue weighted by Crippen LogP contribution is 2.16. The van der Waals surface area contributed by atoms with Crippen LogP contribution >= 0.6 is 0 Å². The third kappa shape index (κ3) is 2.93. The lowest BCUT2D eigenvalue weighted by atomic mass is 10.0. The lowest BCUT2D eigenvalue weighted by molar-refractivity contribution is -0.139. The van der Waals surface area contributed by atoms with E-state index in [9.17, 15) is 5.21 Å². The molecule has 1 unspecified atom stereocenters. The Morgan fingerprint density at radius 2 is 2.08 bits per heavy atom. The SMILES string of the molecule is CCCN1CCN(O)CC1C(C)C. The zero-order valence-corrected chi connectivity index (χ0v) is 9.03. The monoisotopic (exact) mass is 186 g/mol. The Kier molecular flexibility index (Phi) is 4.16. The van der Waals surface area contributed by atoms with Gasteiger partial charge in [-0.05, 0) is 18.9 Å². The maximum absolute atomic E-state index is 9.42. The second-order valence-electron chi connectivity index (χ2n) is 4.26. The molecule has 1 atom stereocenters. The molecule has 0 saturated carbocycles. The first-order valence-electron chi connectivity index (χ1n) is 5.33. The fraction of sp³-hybridized carbons (Fsp3) is 1.00. The molecule has 13 heavy (non-hydrogen) atoms. The third-order valence-electron chi connectivity index (χ3n) is 2.79. The van der Waals surface area contributed by atoms with Crippen LogP contribution in [0.1, 0.15) is 27.2 Å². The zero-order valence-electron chi connectivity index (χ0n) is 9.03. The van der Waals surface area contributed by atoms with E-state index in [1.807, 2.05) is 0 Å². The van der Waals surface area contributed by atoms with Gasteiger partial charge in [-0.3, -0.25) is 4.90 Å². The van der Waals surface area contributed by atoms with Crippen LogP contribution in [-0.2, 0) is 0 Å². The number of piperazine rings is 1. The summed E-state index contributed by atoms with van der Waals surface area (Å²) in [6.45, 7) is 10.4. The summed E-state index contributed by atoms with van der Waals surface area (Å²) in [6.07, 6.45) is 1.20. The summed E-state index contributed by atoms with van der Waals surface area (Å²) < 4.78 is 0. The Labute approximate surface area is 81.3 Å². The van der Waals surface area contributed by atoms with Crippen molar-refractivity contribution in [1.82, 2.24) is 9.96 Å². The molecule has 1 aliphatic heterocycles. The van der Waals surface area contributed by atoms with Crippen molar-refractivity contribution in [2.45, 2.75) is 33.2 Å². The van der Waals surface area contributed by atoms with Crippen molar-refractivity contribution in [3.8, 4) is 0 Å². The number of rotatable bonds is 3. The van der Waals surface area contributed by atoms with Crippen molar-refractivity contribution in [1.29, 1.82) is 0 Å². The first-order chi connectivity index (χ1) is 6.15. The van der Waals surface area contributed by atoms with E-state index in [0.717, 1.165) is 26.2 Å². The average molecular weight is 186 g/mol. The van der Waals surface area contributed by atoms with Gasteiger partial charge >= 0.3 is 0 Å². The Bertz CT molecular complexity index is 150. The first kappa shape index (κ1) is 11.0. The molecule has 3 heteroatoms. The van der Waals surface area contributed by atoms with Crippen LogP contribution in [0.25, 0.3) is 0 Å². The maximum atomic E-state index is 9.42. The molecule has 1 saturated heterocycles. The van der Waals surface area contributed by atoms with Crippen LogP contribution in [0.4, 0.5) is 0 Å². The van der Waals surface area contributed by atoms with Crippen molar-refractivity contribution in [2.75, 3.05) is 26.2 Å². The van der Waals surface area contributed by atoms with Crippen LogP contribution in [0, 0.1) is 5.92 Å². The van der Waals surface area contributed by atoms with E-state index in [2.05, 4.69) is 25.7 Å². The molecule has 1 heterocycles. The van der Waals surface area contributed by atoms with Gasteiger partial charge < -0.3 is 5.21 Å². The van der Waals surface area contributed by atoms with Gasteiger partial charge in [0, 0.05) is 25.7 Å². The summed E-state index contributed by atoms with van der Waals surface area (Å²) in [4.78, 5) is 2.50. The van der Waals surface area contributed by atoms with Gasteiger partial charge in [0.15, 0.2) is 0 Å². The van der Waals surface area contributed by atoms with Gasteiger partial charge in [0.1, 0.15) is 0 Å². The summed E-state index contributed by atoms with van der Waals surface area (Å²) in [7, 11) is 0. The van der Waals surface area contributed by atoms with Crippen molar-refractivity contribution in [3.63, 3.8) is 0 Å². The molecule has 0 aromatic rings. The van der Waals surface area contributed by atoms with Crippen LogP contribution in [0.3, 0.4) is 0 Å².